The Morgan fingerprint density at radius 2 is 2.23 bits per heavy atom. The highest BCUT2D eigenvalue weighted by atomic mass is 32.2. The number of carbonyl (C=O) groups is 1. The Kier molecular flexibility index (Phi) is 5.12. The van der Waals surface area contributed by atoms with Gasteiger partial charge in [0.15, 0.2) is 23.4 Å². The molecular formula is C14H22N6OS. The highest BCUT2D eigenvalue weighted by Crippen LogP contribution is 2.22. The predicted molar refractivity (Wildman–Crippen MR) is 88.6 cm³/mol. The van der Waals surface area contributed by atoms with Crippen LogP contribution in [-0.4, -0.2) is 76.6 Å². The average molecular weight is 322 g/mol. The maximum Gasteiger partial charge on any atom is 0.180 e. The first kappa shape index (κ1) is 15.5. The molecule has 120 valence electrons. The molecule has 0 spiro atoms. The standard InChI is InChI=1S/C14H22N6OS/c1-18-6-8-19(9-7-18)5-2-10-22-14-16-12-3-4-15-20(12)13(11-21)17-14/h3-4,11,13H,2,5-10H2,1H3,(H,16,17). The van der Waals surface area contributed by atoms with E-state index in [1.54, 1.807) is 22.6 Å². The number of hydrogen-bond donors (Lipinski definition) is 1. The molecule has 2 aliphatic heterocycles. The topological polar surface area (TPSA) is 65.8 Å². The van der Waals surface area contributed by atoms with E-state index < -0.39 is 6.17 Å². The first-order chi connectivity index (χ1) is 10.8. The third-order valence-electron chi connectivity index (χ3n) is 3.98. The van der Waals surface area contributed by atoms with Crippen LogP contribution in [0.15, 0.2) is 17.3 Å². The molecule has 0 radical (unpaired) electrons. The minimum absolute atomic E-state index is 0.442. The smallest absolute Gasteiger partial charge is 0.180 e. The maximum absolute atomic E-state index is 11.1. The molecule has 1 aromatic heterocycles. The van der Waals surface area contributed by atoms with Crippen LogP contribution in [0.4, 0.5) is 5.82 Å². The molecule has 0 bridgehead atoms. The number of aliphatic imine (C=N–C) groups is 1. The van der Waals surface area contributed by atoms with Crippen molar-refractivity contribution < 1.29 is 4.79 Å². The fourth-order valence-electron chi connectivity index (χ4n) is 2.63. The van der Waals surface area contributed by atoms with Crippen molar-refractivity contribution in [3.63, 3.8) is 0 Å². The molecule has 1 unspecified atom stereocenters. The van der Waals surface area contributed by atoms with Gasteiger partial charge in [-0.1, -0.05) is 11.8 Å². The summed E-state index contributed by atoms with van der Waals surface area (Å²) in [5.74, 6) is 1.73. The van der Waals surface area contributed by atoms with Crippen LogP contribution in [0.3, 0.4) is 0 Å². The van der Waals surface area contributed by atoms with Crippen LogP contribution in [0.1, 0.15) is 12.6 Å². The van der Waals surface area contributed by atoms with Gasteiger partial charge in [-0.05, 0) is 20.0 Å². The van der Waals surface area contributed by atoms with Crippen molar-refractivity contribution in [3.05, 3.63) is 12.3 Å². The molecule has 1 saturated heterocycles. The Hall–Kier alpha value is -1.38. The summed E-state index contributed by atoms with van der Waals surface area (Å²) in [7, 11) is 2.17. The van der Waals surface area contributed by atoms with E-state index >= 15 is 0 Å². The van der Waals surface area contributed by atoms with Gasteiger partial charge in [-0.25, -0.2) is 9.67 Å². The van der Waals surface area contributed by atoms with Crippen LogP contribution in [0.2, 0.25) is 0 Å². The largest absolute Gasteiger partial charge is 0.337 e. The van der Waals surface area contributed by atoms with Gasteiger partial charge in [0, 0.05) is 38.0 Å². The van der Waals surface area contributed by atoms with E-state index in [-0.39, 0.29) is 0 Å². The SMILES string of the molecule is CN1CCN(CCCSC2=Nc3ccnn3C(C=O)N2)CC1. The fraction of sp³-hybridized carbons (Fsp3) is 0.643. The van der Waals surface area contributed by atoms with Gasteiger partial charge in [0.1, 0.15) is 0 Å². The number of aldehydes is 1. The Morgan fingerprint density at radius 3 is 3.00 bits per heavy atom. The van der Waals surface area contributed by atoms with Gasteiger partial charge >= 0.3 is 0 Å². The first-order valence-electron chi connectivity index (χ1n) is 7.64. The Morgan fingerprint density at radius 1 is 1.41 bits per heavy atom. The highest BCUT2D eigenvalue weighted by molar-refractivity contribution is 8.13. The summed E-state index contributed by atoms with van der Waals surface area (Å²) in [4.78, 5) is 20.5. The number of piperazine rings is 1. The summed E-state index contributed by atoms with van der Waals surface area (Å²) in [6.07, 6.45) is 3.20. The summed E-state index contributed by atoms with van der Waals surface area (Å²) >= 11 is 1.67. The van der Waals surface area contributed by atoms with Crippen LogP contribution in [0, 0.1) is 0 Å². The van der Waals surface area contributed by atoms with Gasteiger partial charge in [0.25, 0.3) is 0 Å². The van der Waals surface area contributed by atoms with Gasteiger partial charge in [-0.3, -0.25) is 4.79 Å². The summed E-state index contributed by atoms with van der Waals surface area (Å²) in [5.41, 5.74) is 0. The predicted octanol–water partition coefficient (Wildman–Crippen LogP) is 0.542. The number of amidine groups is 1. The molecule has 2 aliphatic rings. The Balaban J connectivity index is 1.43. The summed E-state index contributed by atoms with van der Waals surface area (Å²) in [6, 6.07) is 1.82. The molecule has 1 N–H and O–H groups in total. The number of carbonyl (C=O) groups excluding carboxylic acids is 1. The van der Waals surface area contributed by atoms with Crippen molar-refractivity contribution in [1.29, 1.82) is 0 Å². The third kappa shape index (κ3) is 3.68. The Labute approximate surface area is 134 Å². The van der Waals surface area contributed by atoms with Crippen molar-refractivity contribution in [2.75, 3.05) is 45.5 Å². The van der Waals surface area contributed by atoms with Crippen molar-refractivity contribution in [2.45, 2.75) is 12.6 Å². The van der Waals surface area contributed by atoms with Gasteiger partial charge in [-0.15, -0.1) is 0 Å². The van der Waals surface area contributed by atoms with Crippen LogP contribution < -0.4 is 5.32 Å². The molecule has 3 rings (SSSR count). The second kappa shape index (κ2) is 7.26. The minimum Gasteiger partial charge on any atom is -0.337 e. The molecule has 0 amide bonds. The van der Waals surface area contributed by atoms with Crippen molar-refractivity contribution in [2.24, 2.45) is 4.99 Å². The van der Waals surface area contributed by atoms with E-state index in [0.29, 0.717) is 0 Å². The van der Waals surface area contributed by atoms with Crippen LogP contribution >= 0.6 is 11.8 Å². The lowest BCUT2D eigenvalue weighted by Crippen LogP contribution is -2.44. The van der Waals surface area contributed by atoms with E-state index in [2.05, 4.69) is 32.3 Å². The molecule has 3 heterocycles. The van der Waals surface area contributed by atoms with Crippen LogP contribution in [0.5, 0.6) is 0 Å². The normalized spacial score (nSPS) is 22.8. The third-order valence-corrected chi connectivity index (χ3v) is 4.96. The number of nitrogens with zero attached hydrogens (tertiary/aromatic N) is 5. The molecule has 8 heteroatoms. The second-order valence-electron chi connectivity index (χ2n) is 5.62. The lowest BCUT2D eigenvalue weighted by atomic mass is 10.3. The second-order valence-corrected chi connectivity index (χ2v) is 6.71. The van der Waals surface area contributed by atoms with E-state index in [1.165, 1.54) is 0 Å². The summed E-state index contributed by atoms with van der Waals surface area (Å²) < 4.78 is 1.60. The molecule has 0 aliphatic carbocycles. The number of nitrogens with one attached hydrogen (secondary N) is 1. The Bertz CT molecular complexity index is 537. The van der Waals surface area contributed by atoms with Crippen molar-refractivity contribution in [3.8, 4) is 0 Å². The zero-order valence-electron chi connectivity index (χ0n) is 12.8. The van der Waals surface area contributed by atoms with E-state index in [0.717, 1.165) is 62.2 Å². The van der Waals surface area contributed by atoms with E-state index in [9.17, 15) is 4.79 Å². The van der Waals surface area contributed by atoms with E-state index in [4.69, 9.17) is 0 Å². The zero-order chi connectivity index (χ0) is 15.4. The monoisotopic (exact) mass is 322 g/mol. The van der Waals surface area contributed by atoms with Gasteiger partial charge < -0.3 is 15.1 Å². The summed E-state index contributed by atoms with van der Waals surface area (Å²) in [6.45, 7) is 5.77. The number of fused-ring (bicyclic) bond motifs is 1. The number of likely N-dealkylation sites (N-methyl/N-ethyl adjacent to an activating group) is 1. The van der Waals surface area contributed by atoms with Gasteiger partial charge in [0.05, 0.1) is 6.20 Å². The molecule has 1 aromatic rings. The molecule has 1 fully saturated rings. The minimum atomic E-state index is -0.442. The highest BCUT2D eigenvalue weighted by Gasteiger charge is 2.21. The molecule has 1 atom stereocenters. The number of aromatic nitrogens is 2. The molecule has 22 heavy (non-hydrogen) atoms. The summed E-state index contributed by atoms with van der Waals surface area (Å²) in [5, 5.41) is 8.03. The lowest BCUT2D eigenvalue weighted by Gasteiger charge is -2.32. The van der Waals surface area contributed by atoms with Gasteiger partial charge in [0.2, 0.25) is 0 Å². The van der Waals surface area contributed by atoms with Crippen LogP contribution in [0.25, 0.3) is 0 Å². The van der Waals surface area contributed by atoms with E-state index in [1.807, 2.05) is 6.07 Å². The molecule has 0 aromatic carbocycles. The average Bonchev–Trinajstić information content (AvgIpc) is 3.01. The molecular weight excluding hydrogens is 300 g/mol. The van der Waals surface area contributed by atoms with Crippen molar-refractivity contribution >= 4 is 29.0 Å². The quantitative estimate of drug-likeness (QED) is 0.631. The molecule has 0 saturated carbocycles. The zero-order valence-corrected chi connectivity index (χ0v) is 13.6. The number of rotatable bonds is 5. The van der Waals surface area contributed by atoms with Gasteiger partial charge in [-0.2, -0.15) is 5.10 Å². The molecule has 7 nitrogen and oxygen atoms in total. The number of thioether (sulfide) groups is 1. The first-order valence-corrected chi connectivity index (χ1v) is 8.62. The maximum atomic E-state index is 11.1. The van der Waals surface area contributed by atoms with Crippen molar-refractivity contribution in [1.82, 2.24) is 24.9 Å². The fourth-order valence-corrected chi connectivity index (χ4v) is 3.46. The van der Waals surface area contributed by atoms with Crippen LogP contribution in [-0.2, 0) is 4.79 Å². The number of hydrogen-bond acceptors (Lipinski definition) is 7. The lowest BCUT2D eigenvalue weighted by molar-refractivity contribution is -0.111.